The number of rotatable bonds is 3. The molecule has 2 rings (SSSR count). The summed E-state index contributed by atoms with van der Waals surface area (Å²) in [5, 5.41) is 8.07. The quantitative estimate of drug-likeness (QED) is 0.844. The molecule has 2 N–H and O–H groups in total. The van der Waals surface area contributed by atoms with Crippen LogP contribution < -0.4 is 5.73 Å². The molecule has 0 spiro atoms. The number of hydrogen-bond acceptors (Lipinski definition) is 3. The average molecular weight is 214 g/mol. The maximum atomic E-state index is 5.62. The zero-order chi connectivity index (χ0) is 11.4. The highest BCUT2D eigenvalue weighted by Gasteiger charge is 1.99. The van der Waals surface area contributed by atoms with Crippen LogP contribution in [0.5, 0.6) is 0 Å². The highest BCUT2D eigenvalue weighted by Crippen LogP contribution is 2.06. The van der Waals surface area contributed by atoms with Crippen molar-refractivity contribution in [1.29, 1.82) is 0 Å². The Hall–Kier alpha value is -1.94. The van der Waals surface area contributed by atoms with Crippen molar-refractivity contribution in [3.05, 3.63) is 48.3 Å². The van der Waals surface area contributed by atoms with Crippen LogP contribution in [0.1, 0.15) is 12.6 Å². The van der Waals surface area contributed by atoms with E-state index in [-0.39, 0.29) is 6.04 Å². The van der Waals surface area contributed by atoms with Crippen molar-refractivity contribution in [3.8, 4) is 5.69 Å². The maximum absolute atomic E-state index is 5.62. The predicted octanol–water partition coefficient (Wildman–Crippen LogP) is 1.63. The molecule has 1 unspecified atom stereocenters. The third-order valence-corrected chi connectivity index (χ3v) is 2.10. The summed E-state index contributed by atoms with van der Waals surface area (Å²) in [7, 11) is 0. The first kappa shape index (κ1) is 10.6. The minimum Gasteiger partial charge on any atom is -0.325 e. The number of aromatic nitrogens is 3. The van der Waals surface area contributed by atoms with Crippen molar-refractivity contribution < 1.29 is 0 Å². The summed E-state index contributed by atoms with van der Waals surface area (Å²) in [5.74, 6) is 0. The maximum Gasteiger partial charge on any atom is 0.106 e. The summed E-state index contributed by atoms with van der Waals surface area (Å²) in [6.07, 6.45) is 5.63. The molecule has 2 aromatic rings. The first-order chi connectivity index (χ1) is 7.75. The second-order valence-corrected chi connectivity index (χ2v) is 3.64. The van der Waals surface area contributed by atoms with E-state index >= 15 is 0 Å². The molecule has 0 aliphatic carbocycles. The average Bonchev–Trinajstić information content (AvgIpc) is 2.76. The summed E-state index contributed by atoms with van der Waals surface area (Å²) in [5.41, 5.74) is 7.42. The summed E-state index contributed by atoms with van der Waals surface area (Å²) in [4.78, 5) is 0. The van der Waals surface area contributed by atoms with Crippen molar-refractivity contribution in [3.63, 3.8) is 0 Å². The van der Waals surface area contributed by atoms with Crippen LogP contribution >= 0.6 is 0 Å². The summed E-state index contributed by atoms with van der Waals surface area (Å²) in [6.45, 7) is 1.91. The van der Waals surface area contributed by atoms with Gasteiger partial charge in [-0.1, -0.05) is 29.5 Å². The zero-order valence-electron chi connectivity index (χ0n) is 9.12. The van der Waals surface area contributed by atoms with Crippen LogP contribution in [0.25, 0.3) is 11.8 Å². The lowest BCUT2D eigenvalue weighted by Gasteiger charge is -1.96. The van der Waals surface area contributed by atoms with E-state index in [1.807, 2.05) is 55.6 Å². The fraction of sp³-hybridized carbons (Fsp3) is 0.167. The molecule has 82 valence electrons. The standard InChI is InChI=1S/C12H14N4/c1-10(13)7-8-11-9-16(15-14-11)12-5-3-2-4-6-12/h2-10H,13H2,1H3/b8-7+. The molecule has 4 nitrogen and oxygen atoms in total. The van der Waals surface area contributed by atoms with Gasteiger partial charge in [0.2, 0.25) is 0 Å². The molecular formula is C12H14N4. The molecule has 0 saturated carbocycles. The first-order valence-electron chi connectivity index (χ1n) is 5.17. The van der Waals surface area contributed by atoms with Crippen molar-refractivity contribution in [2.75, 3.05) is 0 Å². The molecule has 0 bridgehead atoms. The normalized spacial score (nSPS) is 13.1. The van der Waals surface area contributed by atoms with Crippen LogP contribution in [0.3, 0.4) is 0 Å². The van der Waals surface area contributed by atoms with E-state index in [1.165, 1.54) is 0 Å². The van der Waals surface area contributed by atoms with Crippen molar-refractivity contribution >= 4 is 6.08 Å². The SMILES string of the molecule is CC(N)/C=C/c1cn(-c2ccccc2)nn1. The lowest BCUT2D eigenvalue weighted by molar-refractivity contribution is 0.802. The number of benzene rings is 1. The number of para-hydroxylation sites is 1. The fourth-order valence-electron chi connectivity index (χ4n) is 1.31. The van der Waals surface area contributed by atoms with Gasteiger partial charge < -0.3 is 5.73 Å². The summed E-state index contributed by atoms with van der Waals surface area (Å²) < 4.78 is 1.74. The van der Waals surface area contributed by atoms with E-state index < -0.39 is 0 Å². The minimum atomic E-state index is 0.0295. The van der Waals surface area contributed by atoms with E-state index in [9.17, 15) is 0 Å². The lowest BCUT2D eigenvalue weighted by Crippen LogP contribution is -2.09. The monoisotopic (exact) mass is 214 g/mol. The molecule has 1 aromatic carbocycles. The molecule has 0 saturated heterocycles. The fourth-order valence-corrected chi connectivity index (χ4v) is 1.31. The van der Waals surface area contributed by atoms with Gasteiger partial charge in [-0.05, 0) is 25.1 Å². The third kappa shape index (κ3) is 2.55. The molecular weight excluding hydrogens is 200 g/mol. The van der Waals surface area contributed by atoms with Gasteiger partial charge in [0, 0.05) is 6.04 Å². The number of nitrogens with zero attached hydrogens (tertiary/aromatic N) is 3. The van der Waals surface area contributed by atoms with Gasteiger partial charge in [0.1, 0.15) is 5.69 Å². The van der Waals surface area contributed by atoms with Gasteiger partial charge in [-0.15, -0.1) is 5.10 Å². The molecule has 0 aliphatic heterocycles. The molecule has 16 heavy (non-hydrogen) atoms. The van der Waals surface area contributed by atoms with Crippen LogP contribution in [0, 0.1) is 0 Å². The van der Waals surface area contributed by atoms with E-state index in [0.29, 0.717) is 0 Å². The number of hydrogen-bond donors (Lipinski definition) is 1. The lowest BCUT2D eigenvalue weighted by atomic mass is 10.3. The predicted molar refractivity (Wildman–Crippen MR) is 64.0 cm³/mol. The summed E-state index contributed by atoms with van der Waals surface area (Å²) in [6, 6.07) is 9.89. The van der Waals surface area contributed by atoms with Gasteiger partial charge in [-0.25, -0.2) is 4.68 Å². The van der Waals surface area contributed by atoms with Gasteiger partial charge in [-0.2, -0.15) is 0 Å². The van der Waals surface area contributed by atoms with Crippen LogP contribution in [-0.2, 0) is 0 Å². The van der Waals surface area contributed by atoms with Crippen molar-refractivity contribution in [1.82, 2.24) is 15.0 Å². The van der Waals surface area contributed by atoms with Gasteiger partial charge >= 0.3 is 0 Å². The smallest absolute Gasteiger partial charge is 0.106 e. The Bertz CT molecular complexity index is 471. The molecule has 1 heterocycles. The third-order valence-electron chi connectivity index (χ3n) is 2.10. The Morgan fingerprint density at radius 2 is 2.06 bits per heavy atom. The highest BCUT2D eigenvalue weighted by molar-refractivity contribution is 5.44. The molecule has 0 fully saturated rings. The van der Waals surface area contributed by atoms with E-state index in [4.69, 9.17) is 5.73 Å². The minimum absolute atomic E-state index is 0.0295. The Morgan fingerprint density at radius 3 is 2.75 bits per heavy atom. The molecule has 1 aromatic heterocycles. The van der Waals surface area contributed by atoms with Gasteiger partial charge in [0.15, 0.2) is 0 Å². The zero-order valence-corrected chi connectivity index (χ0v) is 9.12. The van der Waals surface area contributed by atoms with Crippen LogP contribution in [0.15, 0.2) is 42.6 Å². The van der Waals surface area contributed by atoms with E-state index in [2.05, 4.69) is 10.3 Å². The highest BCUT2D eigenvalue weighted by atomic mass is 15.4. The second kappa shape index (κ2) is 4.72. The van der Waals surface area contributed by atoms with Gasteiger partial charge in [0.05, 0.1) is 11.9 Å². The second-order valence-electron chi connectivity index (χ2n) is 3.64. The first-order valence-corrected chi connectivity index (χ1v) is 5.17. The van der Waals surface area contributed by atoms with Crippen LogP contribution in [0.4, 0.5) is 0 Å². The molecule has 0 radical (unpaired) electrons. The molecule has 4 heteroatoms. The Labute approximate surface area is 94.4 Å². The van der Waals surface area contributed by atoms with Gasteiger partial charge in [-0.3, -0.25) is 0 Å². The van der Waals surface area contributed by atoms with Gasteiger partial charge in [0.25, 0.3) is 0 Å². The molecule has 0 amide bonds. The number of nitrogens with two attached hydrogens (primary N) is 1. The molecule has 0 aliphatic rings. The summed E-state index contributed by atoms with van der Waals surface area (Å²) >= 11 is 0. The Morgan fingerprint density at radius 1 is 1.31 bits per heavy atom. The van der Waals surface area contributed by atoms with E-state index in [0.717, 1.165) is 11.4 Å². The van der Waals surface area contributed by atoms with E-state index in [1.54, 1.807) is 4.68 Å². The van der Waals surface area contributed by atoms with Crippen LogP contribution in [0.2, 0.25) is 0 Å². The van der Waals surface area contributed by atoms with Crippen molar-refractivity contribution in [2.45, 2.75) is 13.0 Å². The molecule has 1 atom stereocenters. The largest absolute Gasteiger partial charge is 0.325 e. The topological polar surface area (TPSA) is 56.7 Å². The Balaban J connectivity index is 2.20. The van der Waals surface area contributed by atoms with Crippen LogP contribution in [-0.4, -0.2) is 21.0 Å². The van der Waals surface area contributed by atoms with Crippen molar-refractivity contribution in [2.24, 2.45) is 5.73 Å². The Kier molecular flexibility index (Phi) is 3.12.